The Morgan fingerprint density at radius 2 is 1.90 bits per heavy atom. The van der Waals surface area contributed by atoms with Crippen molar-refractivity contribution in [3.05, 3.63) is 70.5 Å². The first-order valence-corrected chi connectivity index (χ1v) is 7.80. The Morgan fingerprint density at radius 1 is 1.14 bits per heavy atom. The molecule has 2 rings (SSSR count). The minimum Gasteiger partial charge on any atom is -0.306 e. The van der Waals surface area contributed by atoms with Gasteiger partial charge in [-0.05, 0) is 29.7 Å². The Morgan fingerprint density at radius 3 is 2.57 bits per heavy atom. The predicted molar refractivity (Wildman–Crippen MR) is 87.0 cm³/mol. The molecule has 0 spiro atoms. The van der Waals surface area contributed by atoms with E-state index in [0.29, 0.717) is 12.6 Å². The molecule has 0 heterocycles. The van der Waals surface area contributed by atoms with Crippen LogP contribution in [0.5, 0.6) is 0 Å². The zero-order valence-corrected chi connectivity index (χ0v) is 13.0. The second kappa shape index (κ2) is 8.16. The molecule has 1 atom stereocenters. The van der Waals surface area contributed by atoms with Gasteiger partial charge in [0.15, 0.2) is 0 Å². The monoisotopic (exact) mass is 305 g/mol. The molecule has 0 radical (unpaired) electrons. The number of benzene rings is 2. The van der Waals surface area contributed by atoms with Crippen LogP contribution in [0.1, 0.15) is 43.4 Å². The van der Waals surface area contributed by atoms with Gasteiger partial charge in [0.05, 0.1) is 5.02 Å². The van der Waals surface area contributed by atoms with Crippen molar-refractivity contribution in [1.82, 2.24) is 5.32 Å². The minimum atomic E-state index is -0.369. The van der Waals surface area contributed by atoms with Crippen LogP contribution in [0.3, 0.4) is 0 Å². The van der Waals surface area contributed by atoms with Crippen LogP contribution in [0.25, 0.3) is 0 Å². The maximum Gasteiger partial charge on any atom is 0.141 e. The van der Waals surface area contributed by atoms with Gasteiger partial charge >= 0.3 is 0 Å². The summed E-state index contributed by atoms with van der Waals surface area (Å²) in [5.74, 6) is -0.369. The molecular formula is C18H21ClFN. The highest BCUT2D eigenvalue weighted by molar-refractivity contribution is 6.30. The van der Waals surface area contributed by atoms with E-state index in [0.717, 1.165) is 12.0 Å². The van der Waals surface area contributed by atoms with Crippen LogP contribution in [0.15, 0.2) is 48.5 Å². The lowest BCUT2D eigenvalue weighted by molar-refractivity contribution is 0.480. The molecule has 0 aromatic heterocycles. The summed E-state index contributed by atoms with van der Waals surface area (Å²) in [7, 11) is 0. The molecular weight excluding hydrogens is 285 g/mol. The molecule has 0 amide bonds. The molecule has 2 aromatic carbocycles. The van der Waals surface area contributed by atoms with E-state index in [-0.39, 0.29) is 10.8 Å². The van der Waals surface area contributed by atoms with E-state index >= 15 is 0 Å². The van der Waals surface area contributed by atoms with Gasteiger partial charge in [-0.3, -0.25) is 0 Å². The van der Waals surface area contributed by atoms with Crippen molar-refractivity contribution in [3.8, 4) is 0 Å². The summed E-state index contributed by atoms with van der Waals surface area (Å²) >= 11 is 5.83. The van der Waals surface area contributed by atoms with Crippen LogP contribution < -0.4 is 5.32 Å². The van der Waals surface area contributed by atoms with Crippen molar-refractivity contribution in [1.29, 1.82) is 0 Å². The fraction of sp³-hybridized carbons (Fsp3) is 0.333. The van der Waals surface area contributed by atoms with Gasteiger partial charge in [-0.2, -0.15) is 0 Å². The molecule has 0 fully saturated rings. The zero-order chi connectivity index (χ0) is 15.1. The maximum absolute atomic E-state index is 13.2. The number of rotatable bonds is 7. The molecule has 0 aliphatic heterocycles. The lowest BCUT2D eigenvalue weighted by Crippen LogP contribution is -2.21. The summed E-state index contributed by atoms with van der Waals surface area (Å²) in [6.45, 7) is 2.88. The molecule has 0 saturated carbocycles. The number of nitrogens with one attached hydrogen (secondary N) is 1. The number of unbranched alkanes of at least 4 members (excludes halogenated alkanes) is 1. The molecule has 3 heteroatoms. The summed E-state index contributed by atoms with van der Waals surface area (Å²) in [4.78, 5) is 0. The number of halogens is 2. The molecule has 1 N–H and O–H groups in total. The minimum absolute atomic E-state index is 0.180. The van der Waals surface area contributed by atoms with E-state index in [1.807, 2.05) is 6.07 Å². The summed E-state index contributed by atoms with van der Waals surface area (Å²) in [5, 5.41) is 3.73. The van der Waals surface area contributed by atoms with Crippen molar-refractivity contribution >= 4 is 11.6 Å². The fourth-order valence-corrected chi connectivity index (χ4v) is 2.57. The van der Waals surface area contributed by atoms with Crippen LogP contribution in [0, 0.1) is 5.82 Å². The molecule has 112 valence electrons. The molecule has 2 aromatic rings. The first-order chi connectivity index (χ1) is 10.2. The van der Waals surface area contributed by atoms with Crippen molar-refractivity contribution in [2.24, 2.45) is 0 Å². The topological polar surface area (TPSA) is 12.0 Å². The molecule has 21 heavy (non-hydrogen) atoms. The Kier molecular flexibility index (Phi) is 6.21. The van der Waals surface area contributed by atoms with Crippen LogP contribution in [-0.2, 0) is 6.54 Å². The van der Waals surface area contributed by atoms with E-state index in [4.69, 9.17) is 11.6 Å². The summed E-state index contributed by atoms with van der Waals surface area (Å²) in [5.41, 5.74) is 2.29. The highest BCUT2D eigenvalue weighted by Gasteiger charge is 2.10. The summed E-state index contributed by atoms with van der Waals surface area (Å²) < 4.78 is 13.2. The van der Waals surface area contributed by atoms with Crippen molar-refractivity contribution in [2.45, 2.75) is 38.8 Å². The van der Waals surface area contributed by atoms with Crippen LogP contribution in [0.4, 0.5) is 4.39 Å². The second-order valence-electron chi connectivity index (χ2n) is 5.23. The highest BCUT2D eigenvalue weighted by Crippen LogP contribution is 2.21. The highest BCUT2D eigenvalue weighted by atomic mass is 35.5. The van der Waals surface area contributed by atoms with Gasteiger partial charge in [-0.1, -0.05) is 67.8 Å². The lowest BCUT2D eigenvalue weighted by Gasteiger charge is -2.19. The first-order valence-electron chi connectivity index (χ1n) is 7.43. The van der Waals surface area contributed by atoms with Gasteiger partial charge < -0.3 is 5.32 Å². The van der Waals surface area contributed by atoms with Crippen molar-refractivity contribution < 1.29 is 4.39 Å². The third-order valence-corrected chi connectivity index (χ3v) is 3.87. The molecule has 0 bridgehead atoms. The number of hydrogen-bond donors (Lipinski definition) is 1. The molecule has 1 nitrogen and oxygen atoms in total. The Hall–Kier alpha value is -1.38. The third kappa shape index (κ3) is 4.83. The lowest BCUT2D eigenvalue weighted by atomic mass is 10.0. The third-order valence-electron chi connectivity index (χ3n) is 3.58. The van der Waals surface area contributed by atoms with E-state index in [1.54, 1.807) is 12.1 Å². The molecule has 0 aliphatic carbocycles. The smallest absolute Gasteiger partial charge is 0.141 e. The zero-order valence-electron chi connectivity index (χ0n) is 12.3. The quantitative estimate of drug-likeness (QED) is 0.712. The van der Waals surface area contributed by atoms with E-state index in [1.165, 1.54) is 24.5 Å². The summed E-state index contributed by atoms with van der Waals surface area (Å²) in [6, 6.07) is 15.6. The van der Waals surface area contributed by atoms with Gasteiger partial charge in [0.1, 0.15) is 5.82 Å². The molecule has 0 aliphatic rings. The largest absolute Gasteiger partial charge is 0.306 e. The van der Waals surface area contributed by atoms with Gasteiger partial charge in [-0.25, -0.2) is 4.39 Å². The average molecular weight is 306 g/mol. The fourth-order valence-electron chi connectivity index (χ4n) is 2.37. The van der Waals surface area contributed by atoms with Gasteiger partial charge in [-0.15, -0.1) is 0 Å². The Bertz CT molecular complexity index is 556. The van der Waals surface area contributed by atoms with E-state index in [9.17, 15) is 4.39 Å². The first kappa shape index (κ1) is 16.0. The van der Waals surface area contributed by atoms with Crippen LogP contribution >= 0.6 is 11.6 Å². The standard InChI is InChI=1S/C18H21ClFN/c1-2-3-9-18(15-7-5-4-6-8-15)21-13-14-10-11-17(20)16(19)12-14/h4-8,10-12,18,21H,2-3,9,13H2,1H3. The maximum atomic E-state index is 13.2. The van der Waals surface area contributed by atoms with Gasteiger partial charge in [0.25, 0.3) is 0 Å². The van der Waals surface area contributed by atoms with Crippen molar-refractivity contribution in [3.63, 3.8) is 0 Å². The van der Waals surface area contributed by atoms with Gasteiger partial charge in [0.2, 0.25) is 0 Å². The SMILES string of the molecule is CCCCC(NCc1ccc(F)c(Cl)c1)c1ccccc1. The van der Waals surface area contributed by atoms with Gasteiger partial charge in [0, 0.05) is 12.6 Å². The number of hydrogen-bond acceptors (Lipinski definition) is 1. The molecule has 0 saturated heterocycles. The molecule has 1 unspecified atom stereocenters. The Labute approximate surface area is 131 Å². The normalized spacial score (nSPS) is 12.3. The Balaban J connectivity index is 2.03. The van der Waals surface area contributed by atoms with Crippen molar-refractivity contribution in [2.75, 3.05) is 0 Å². The average Bonchev–Trinajstić information content (AvgIpc) is 2.51. The second-order valence-corrected chi connectivity index (χ2v) is 5.64. The van der Waals surface area contributed by atoms with E-state index in [2.05, 4.69) is 36.5 Å². The van der Waals surface area contributed by atoms with Crippen LogP contribution in [0.2, 0.25) is 5.02 Å². The summed E-state index contributed by atoms with van der Waals surface area (Å²) in [6.07, 6.45) is 3.44. The van der Waals surface area contributed by atoms with Crippen LogP contribution in [-0.4, -0.2) is 0 Å². The predicted octanol–water partition coefficient (Wildman–Crippen LogP) is 5.50. The van der Waals surface area contributed by atoms with E-state index < -0.39 is 0 Å².